The van der Waals surface area contributed by atoms with Gasteiger partial charge in [0.25, 0.3) is 0 Å². The summed E-state index contributed by atoms with van der Waals surface area (Å²) in [6, 6.07) is 11.3. The first-order valence-corrected chi connectivity index (χ1v) is 7.52. The zero-order chi connectivity index (χ0) is 13.9. The third kappa shape index (κ3) is 3.37. The van der Waals surface area contributed by atoms with Gasteiger partial charge in [0, 0.05) is 12.6 Å². The molecule has 0 aromatic heterocycles. The van der Waals surface area contributed by atoms with Crippen LogP contribution in [0.3, 0.4) is 0 Å². The van der Waals surface area contributed by atoms with E-state index < -0.39 is 0 Å². The lowest BCUT2D eigenvalue weighted by Gasteiger charge is -2.35. The molecule has 1 aromatic rings. The lowest BCUT2D eigenvalue weighted by molar-refractivity contribution is -0.0437. The third-order valence-electron chi connectivity index (χ3n) is 4.19. The molecule has 1 saturated carbocycles. The zero-order valence-corrected chi connectivity index (χ0v) is 12.6. The van der Waals surface area contributed by atoms with Gasteiger partial charge in [0.15, 0.2) is 0 Å². The Kier molecular flexibility index (Phi) is 4.64. The number of nitrogens with one attached hydrogen (secondary N) is 1. The molecule has 19 heavy (non-hydrogen) atoms. The minimum absolute atomic E-state index is 0.0983. The Morgan fingerprint density at radius 2 is 1.95 bits per heavy atom. The van der Waals surface area contributed by atoms with Crippen LogP contribution in [0.1, 0.15) is 45.6 Å². The second-order valence-electron chi connectivity index (χ2n) is 5.99. The molecule has 0 aliphatic heterocycles. The molecule has 2 rings (SSSR count). The number of hydrogen-bond donors (Lipinski definition) is 1. The van der Waals surface area contributed by atoms with Gasteiger partial charge >= 0.3 is 0 Å². The molecule has 2 heteroatoms. The highest BCUT2D eigenvalue weighted by Crippen LogP contribution is 2.51. The molecule has 1 aliphatic rings. The summed E-state index contributed by atoms with van der Waals surface area (Å²) >= 11 is 0. The molecule has 0 bridgehead atoms. The Bertz CT molecular complexity index is 388. The molecule has 0 heterocycles. The van der Waals surface area contributed by atoms with Crippen LogP contribution >= 0.6 is 0 Å². The first kappa shape index (κ1) is 14.5. The van der Waals surface area contributed by atoms with Crippen molar-refractivity contribution in [1.82, 2.24) is 5.32 Å². The normalized spacial score (nSPS) is 24.2. The molecule has 106 valence electrons. The van der Waals surface area contributed by atoms with Crippen LogP contribution in [0.25, 0.3) is 0 Å². The van der Waals surface area contributed by atoms with Crippen molar-refractivity contribution in [2.45, 2.75) is 51.7 Å². The van der Waals surface area contributed by atoms with Crippen molar-refractivity contribution in [3.8, 4) is 0 Å². The highest BCUT2D eigenvalue weighted by Gasteiger charge is 2.49. The van der Waals surface area contributed by atoms with E-state index in [2.05, 4.69) is 63.3 Å². The van der Waals surface area contributed by atoms with Gasteiger partial charge in [-0.05, 0) is 51.1 Å². The van der Waals surface area contributed by atoms with Crippen LogP contribution in [-0.2, 0) is 4.74 Å². The van der Waals surface area contributed by atoms with Crippen LogP contribution in [0.2, 0.25) is 0 Å². The molecule has 3 atom stereocenters. The summed E-state index contributed by atoms with van der Waals surface area (Å²) in [4.78, 5) is 0. The average Bonchev–Trinajstić information content (AvgIpc) is 3.16. The van der Waals surface area contributed by atoms with Gasteiger partial charge in [-0.2, -0.15) is 0 Å². The highest BCUT2D eigenvalue weighted by atomic mass is 16.5. The van der Waals surface area contributed by atoms with E-state index in [0.29, 0.717) is 17.9 Å². The third-order valence-corrected chi connectivity index (χ3v) is 4.19. The standard InChI is InChI=1S/C17H27NO/c1-5-18-16(17(3,4)19-6-2)15-12-14(15)13-10-8-7-9-11-13/h7-11,14-16,18H,5-6,12H2,1-4H3. The molecular weight excluding hydrogens is 234 g/mol. The smallest absolute Gasteiger partial charge is 0.0781 e. The van der Waals surface area contributed by atoms with Gasteiger partial charge in [0.05, 0.1) is 5.60 Å². The van der Waals surface area contributed by atoms with Gasteiger partial charge < -0.3 is 10.1 Å². The van der Waals surface area contributed by atoms with Gasteiger partial charge in [0.2, 0.25) is 0 Å². The quantitative estimate of drug-likeness (QED) is 0.810. The summed E-state index contributed by atoms with van der Waals surface area (Å²) in [6.45, 7) is 10.5. The maximum Gasteiger partial charge on any atom is 0.0781 e. The van der Waals surface area contributed by atoms with Crippen molar-refractivity contribution in [3.63, 3.8) is 0 Å². The van der Waals surface area contributed by atoms with Crippen molar-refractivity contribution in [3.05, 3.63) is 35.9 Å². The van der Waals surface area contributed by atoms with Crippen LogP contribution < -0.4 is 5.32 Å². The molecule has 0 saturated heterocycles. The Morgan fingerprint density at radius 3 is 2.53 bits per heavy atom. The van der Waals surface area contributed by atoms with Crippen LogP contribution in [0, 0.1) is 5.92 Å². The number of ether oxygens (including phenoxy) is 1. The van der Waals surface area contributed by atoms with Crippen LogP contribution in [0.15, 0.2) is 30.3 Å². The maximum absolute atomic E-state index is 5.97. The summed E-state index contributed by atoms with van der Waals surface area (Å²) in [5, 5.41) is 3.64. The van der Waals surface area contributed by atoms with Gasteiger partial charge in [-0.15, -0.1) is 0 Å². The molecule has 0 radical (unpaired) electrons. The summed E-state index contributed by atoms with van der Waals surface area (Å²) in [5.74, 6) is 1.40. The second-order valence-corrected chi connectivity index (χ2v) is 5.99. The molecule has 0 spiro atoms. The first-order valence-electron chi connectivity index (χ1n) is 7.52. The van der Waals surface area contributed by atoms with Crippen molar-refractivity contribution >= 4 is 0 Å². The molecule has 2 nitrogen and oxygen atoms in total. The summed E-state index contributed by atoms with van der Waals surface area (Å²) in [6.07, 6.45) is 1.28. The van der Waals surface area contributed by atoms with Gasteiger partial charge in [-0.1, -0.05) is 37.3 Å². The van der Waals surface area contributed by atoms with Crippen molar-refractivity contribution in [2.75, 3.05) is 13.2 Å². The van der Waals surface area contributed by atoms with Gasteiger partial charge in [-0.3, -0.25) is 0 Å². The molecular formula is C17H27NO. The van der Waals surface area contributed by atoms with E-state index in [1.54, 1.807) is 0 Å². The van der Waals surface area contributed by atoms with Crippen molar-refractivity contribution in [1.29, 1.82) is 0 Å². The Balaban J connectivity index is 2.06. The van der Waals surface area contributed by atoms with Gasteiger partial charge in [-0.25, -0.2) is 0 Å². The zero-order valence-electron chi connectivity index (χ0n) is 12.6. The van der Waals surface area contributed by atoms with Crippen LogP contribution in [0.4, 0.5) is 0 Å². The fourth-order valence-corrected chi connectivity index (χ4v) is 3.26. The molecule has 1 N–H and O–H groups in total. The molecule has 3 unspecified atom stereocenters. The maximum atomic E-state index is 5.97. The molecule has 1 aliphatic carbocycles. The highest BCUT2D eigenvalue weighted by molar-refractivity contribution is 5.27. The van der Waals surface area contributed by atoms with Crippen LogP contribution in [-0.4, -0.2) is 24.8 Å². The van der Waals surface area contributed by atoms with E-state index >= 15 is 0 Å². The molecule has 0 amide bonds. The van der Waals surface area contributed by atoms with E-state index in [1.165, 1.54) is 12.0 Å². The fraction of sp³-hybridized carbons (Fsp3) is 0.647. The Hall–Kier alpha value is -0.860. The van der Waals surface area contributed by atoms with E-state index in [1.807, 2.05) is 0 Å². The topological polar surface area (TPSA) is 21.3 Å². The van der Waals surface area contributed by atoms with E-state index in [9.17, 15) is 0 Å². The second kappa shape index (κ2) is 6.06. The lowest BCUT2D eigenvalue weighted by atomic mass is 9.91. The summed E-state index contributed by atoms with van der Waals surface area (Å²) in [7, 11) is 0. The van der Waals surface area contributed by atoms with E-state index in [4.69, 9.17) is 4.74 Å². The Morgan fingerprint density at radius 1 is 1.26 bits per heavy atom. The minimum Gasteiger partial charge on any atom is -0.374 e. The number of rotatable bonds is 7. The largest absolute Gasteiger partial charge is 0.374 e. The monoisotopic (exact) mass is 261 g/mol. The first-order chi connectivity index (χ1) is 9.10. The van der Waals surface area contributed by atoms with Crippen molar-refractivity contribution < 1.29 is 4.74 Å². The predicted molar refractivity (Wildman–Crippen MR) is 80.5 cm³/mol. The Labute approximate surface area is 117 Å². The van der Waals surface area contributed by atoms with Crippen molar-refractivity contribution in [2.24, 2.45) is 5.92 Å². The lowest BCUT2D eigenvalue weighted by Crippen LogP contribution is -2.50. The summed E-state index contributed by atoms with van der Waals surface area (Å²) < 4.78 is 5.97. The fourth-order valence-electron chi connectivity index (χ4n) is 3.26. The molecule has 1 aromatic carbocycles. The number of benzene rings is 1. The van der Waals surface area contributed by atoms with Crippen LogP contribution in [0.5, 0.6) is 0 Å². The summed E-state index contributed by atoms with van der Waals surface area (Å²) in [5.41, 5.74) is 1.38. The number of likely N-dealkylation sites (N-methyl/N-ethyl adjacent to an activating group) is 1. The van der Waals surface area contributed by atoms with E-state index in [-0.39, 0.29) is 5.60 Å². The molecule has 1 fully saturated rings. The SMILES string of the molecule is CCNC(C1CC1c1ccccc1)C(C)(C)OCC. The minimum atomic E-state index is -0.0983. The van der Waals surface area contributed by atoms with Gasteiger partial charge in [0.1, 0.15) is 0 Å². The predicted octanol–water partition coefficient (Wildman–Crippen LogP) is 3.58. The average molecular weight is 261 g/mol. The number of hydrogen-bond acceptors (Lipinski definition) is 2. The van der Waals surface area contributed by atoms with E-state index in [0.717, 1.165) is 13.2 Å².